The Bertz CT molecular complexity index is 1540. The molecule has 0 aliphatic heterocycles. The molecule has 0 saturated heterocycles. The number of rotatable bonds is 5. The van der Waals surface area contributed by atoms with Gasteiger partial charge in [-0.15, -0.1) is 0 Å². The third kappa shape index (κ3) is 4.00. The summed E-state index contributed by atoms with van der Waals surface area (Å²) in [5.41, 5.74) is 1.85. The molecular weight excluding hydrogens is 422 g/mol. The van der Waals surface area contributed by atoms with Gasteiger partial charge in [0.2, 0.25) is 0 Å². The van der Waals surface area contributed by atoms with E-state index in [0.717, 1.165) is 5.56 Å². The van der Waals surface area contributed by atoms with Gasteiger partial charge in [-0.3, -0.25) is 14.0 Å². The maximum absolute atomic E-state index is 13.2. The smallest absolute Gasteiger partial charge is 0.278 e. The first-order chi connectivity index (χ1) is 16.0. The lowest BCUT2D eigenvalue weighted by molar-refractivity contribution is 0.0996. The number of hydrogen-bond donors (Lipinski definition) is 0. The number of aromatic nitrogens is 3. The standard InChI is InChI=1S/C24H21N5O4/c1-15-5-4-10-29-20(15)26-22-19(24(29)31)13-17(14-25)21(28(22)11-12-32-2)27-23(30)16-6-8-18(33-3)9-7-16/h4-10,13H,11-12H2,1-3H3. The van der Waals surface area contributed by atoms with Crippen molar-refractivity contribution >= 4 is 22.6 Å². The van der Waals surface area contributed by atoms with Crippen LogP contribution in [0.25, 0.3) is 16.7 Å². The van der Waals surface area contributed by atoms with Crippen LogP contribution >= 0.6 is 0 Å². The zero-order valence-electron chi connectivity index (χ0n) is 18.4. The number of fused-ring (bicyclic) bond motifs is 2. The van der Waals surface area contributed by atoms with E-state index in [1.54, 1.807) is 41.1 Å². The Morgan fingerprint density at radius 3 is 2.61 bits per heavy atom. The van der Waals surface area contributed by atoms with E-state index in [2.05, 4.69) is 11.1 Å². The van der Waals surface area contributed by atoms with Crippen molar-refractivity contribution in [1.82, 2.24) is 14.0 Å². The second-order valence-electron chi connectivity index (χ2n) is 7.32. The number of pyridine rings is 2. The summed E-state index contributed by atoms with van der Waals surface area (Å²) in [5.74, 6) is 0.0745. The molecule has 0 bridgehead atoms. The van der Waals surface area contributed by atoms with Crippen molar-refractivity contribution in [3.8, 4) is 11.8 Å². The van der Waals surface area contributed by atoms with Crippen LogP contribution in [0.1, 0.15) is 21.5 Å². The summed E-state index contributed by atoms with van der Waals surface area (Å²) in [7, 11) is 3.08. The molecule has 9 nitrogen and oxygen atoms in total. The molecule has 3 aromatic heterocycles. The molecule has 0 radical (unpaired) electrons. The van der Waals surface area contributed by atoms with Gasteiger partial charge < -0.3 is 14.0 Å². The van der Waals surface area contributed by atoms with Crippen LogP contribution < -0.4 is 15.8 Å². The molecule has 0 atom stereocenters. The fraction of sp³-hybridized carbons (Fsp3) is 0.208. The van der Waals surface area contributed by atoms with Gasteiger partial charge in [0, 0.05) is 25.4 Å². The maximum atomic E-state index is 13.2. The lowest BCUT2D eigenvalue weighted by Gasteiger charge is -2.13. The molecule has 0 fully saturated rings. The summed E-state index contributed by atoms with van der Waals surface area (Å²) in [6.07, 6.45) is 1.63. The molecule has 0 aliphatic rings. The molecule has 0 N–H and O–H groups in total. The molecule has 4 aromatic rings. The highest BCUT2D eigenvalue weighted by molar-refractivity contribution is 5.95. The zero-order valence-corrected chi connectivity index (χ0v) is 18.4. The number of methoxy groups -OCH3 is 2. The molecule has 0 saturated carbocycles. The van der Waals surface area contributed by atoms with Gasteiger partial charge in [-0.05, 0) is 48.9 Å². The number of carbonyl (C=O) groups excluding carboxylic acids is 1. The van der Waals surface area contributed by atoms with E-state index in [0.29, 0.717) is 22.6 Å². The minimum absolute atomic E-state index is 0.0898. The van der Waals surface area contributed by atoms with Gasteiger partial charge in [-0.25, -0.2) is 4.98 Å². The molecule has 0 unspecified atom stereocenters. The summed E-state index contributed by atoms with van der Waals surface area (Å²) < 4.78 is 13.4. The van der Waals surface area contributed by atoms with E-state index in [1.165, 1.54) is 24.7 Å². The SMILES string of the molecule is COCCn1c(=NC(=O)c2ccc(OC)cc2)c(C#N)cc2c(=O)n3cccc(C)c3nc21. The Morgan fingerprint density at radius 1 is 1.18 bits per heavy atom. The Labute approximate surface area is 188 Å². The minimum atomic E-state index is -0.534. The monoisotopic (exact) mass is 443 g/mol. The third-order valence-corrected chi connectivity index (χ3v) is 5.29. The highest BCUT2D eigenvalue weighted by Crippen LogP contribution is 2.14. The lowest BCUT2D eigenvalue weighted by Crippen LogP contribution is -2.30. The Kier molecular flexibility index (Phi) is 6.02. The van der Waals surface area contributed by atoms with Gasteiger partial charge in [0.05, 0.1) is 24.7 Å². The van der Waals surface area contributed by atoms with Crippen LogP contribution in [-0.2, 0) is 11.3 Å². The van der Waals surface area contributed by atoms with E-state index in [4.69, 9.17) is 14.5 Å². The summed E-state index contributed by atoms with van der Waals surface area (Å²) >= 11 is 0. The van der Waals surface area contributed by atoms with Crippen molar-refractivity contribution in [3.63, 3.8) is 0 Å². The molecule has 1 aromatic carbocycles. The fourth-order valence-corrected chi connectivity index (χ4v) is 3.58. The third-order valence-electron chi connectivity index (χ3n) is 5.29. The van der Waals surface area contributed by atoms with Crippen LogP contribution in [0.2, 0.25) is 0 Å². The predicted octanol–water partition coefficient (Wildman–Crippen LogP) is 2.23. The number of aryl methyl sites for hydroxylation is 1. The van der Waals surface area contributed by atoms with Crippen molar-refractivity contribution in [2.75, 3.05) is 20.8 Å². The summed E-state index contributed by atoms with van der Waals surface area (Å²) in [4.78, 5) is 35.1. The molecule has 0 aliphatic carbocycles. The van der Waals surface area contributed by atoms with Crippen LogP contribution in [0.15, 0.2) is 58.4 Å². The number of benzene rings is 1. The quantitative estimate of drug-likeness (QED) is 0.438. The molecule has 1 amide bonds. The predicted molar refractivity (Wildman–Crippen MR) is 121 cm³/mol. The number of nitriles is 1. The first-order valence-electron chi connectivity index (χ1n) is 10.2. The van der Waals surface area contributed by atoms with Gasteiger partial charge in [0.15, 0.2) is 5.49 Å². The Hall–Kier alpha value is -4.29. The lowest BCUT2D eigenvalue weighted by atomic mass is 10.2. The van der Waals surface area contributed by atoms with E-state index in [-0.39, 0.29) is 35.1 Å². The average molecular weight is 443 g/mol. The average Bonchev–Trinajstić information content (AvgIpc) is 2.84. The molecular formula is C24H21N5O4. The van der Waals surface area contributed by atoms with Crippen molar-refractivity contribution in [3.05, 3.63) is 81.2 Å². The second-order valence-corrected chi connectivity index (χ2v) is 7.32. The number of amides is 1. The summed E-state index contributed by atoms with van der Waals surface area (Å²) in [5, 5.41) is 10.1. The van der Waals surface area contributed by atoms with Crippen molar-refractivity contribution in [2.45, 2.75) is 13.5 Å². The first-order valence-corrected chi connectivity index (χ1v) is 10.2. The number of carbonyl (C=O) groups is 1. The topological polar surface area (TPSA) is 111 Å². The van der Waals surface area contributed by atoms with Gasteiger partial charge in [-0.1, -0.05) is 6.07 Å². The van der Waals surface area contributed by atoms with E-state index in [1.807, 2.05) is 13.0 Å². The van der Waals surface area contributed by atoms with E-state index >= 15 is 0 Å². The number of nitrogens with zero attached hydrogens (tertiary/aromatic N) is 5. The van der Waals surface area contributed by atoms with Crippen molar-refractivity contribution in [2.24, 2.45) is 4.99 Å². The molecule has 3 heterocycles. The zero-order chi connectivity index (χ0) is 23.5. The molecule has 166 valence electrons. The summed E-state index contributed by atoms with van der Waals surface area (Å²) in [6.45, 7) is 2.36. The van der Waals surface area contributed by atoms with Gasteiger partial charge in [-0.2, -0.15) is 10.3 Å². The molecule has 9 heteroatoms. The highest BCUT2D eigenvalue weighted by Gasteiger charge is 2.16. The van der Waals surface area contributed by atoms with Crippen molar-refractivity contribution < 1.29 is 14.3 Å². The van der Waals surface area contributed by atoms with Crippen LogP contribution in [0.5, 0.6) is 5.75 Å². The Morgan fingerprint density at radius 2 is 1.94 bits per heavy atom. The maximum Gasteiger partial charge on any atom is 0.278 e. The molecule has 4 rings (SSSR count). The van der Waals surface area contributed by atoms with Gasteiger partial charge >= 0.3 is 0 Å². The van der Waals surface area contributed by atoms with Crippen LogP contribution in [0.3, 0.4) is 0 Å². The number of hydrogen-bond acceptors (Lipinski definition) is 6. The second kappa shape index (κ2) is 9.06. The normalized spacial score (nSPS) is 11.6. The van der Waals surface area contributed by atoms with Gasteiger partial charge in [0.25, 0.3) is 11.5 Å². The Balaban J connectivity index is 2.05. The highest BCUT2D eigenvalue weighted by atomic mass is 16.5. The van der Waals surface area contributed by atoms with E-state index < -0.39 is 5.91 Å². The van der Waals surface area contributed by atoms with E-state index in [9.17, 15) is 14.9 Å². The number of ether oxygens (including phenoxy) is 2. The molecule has 0 spiro atoms. The van der Waals surface area contributed by atoms with Gasteiger partial charge in [0.1, 0.15) is 23.1 Å². The van der Waals surface area contributed by atoms with Crippen LogP contribution in [0, 0.1) is 18.3 Å². The summed E-state index contributed by atoms with van der Waals surface area (Å²) in [6, 6.07) is 13.6. The minimum Gasteiger partial charge on any atom is -0.497 e. The largest absolute Gasteiger partial charge is 0.497 e. The fourth-order valence-electron chi connectivity index (χ4n) is 3.58. The van der Waals surface area contributed by atoms with Crippen molar-refractivity contribution in [1.29, 1.82) is 5.26 Å². The van der Waals surface area contributed by atoms with Crippen LogP contribution in [0.4, 0.5) is 0 Å². The first kappa shape index (κ1) is 21.9. The molecule has 33 heavy (non-hydrogen) atoms. The van der Waals surface area contributed by atoms with Crippen LogP contribution in [-0.4, -0.2) is 40.7 Å².